The zero-order valence-corrected chi connectivity index (χ0v) is 10.3. The van der Waals surface area contributed by atoms with Gasteiger partial charge in [0.15, 0.2) is 0 Å². The Morgan fingerprint density at radius 1 is 1.65 bits per heavy atom. The van der Waals surface area contributed by atoms with Gasteiger partial charge in [-0.3, -0.25) is 9.78 Å². The minimum atomic E-state index is -0.275. The smallest absolute Gasteiger partial charge is 0.271 e. The van der Waals surface area contributed by atoms with Crippen LogP contribution < -0.4 is 5.32 Å². The Bertz CT molecular complexity index is 407. The van der Waals surface area contributed by atoms with Gasteiger partial charge in [0.25, 0.3) is 5.91 Å². The number of ether oxygens (including phenoxy) is 1. The minimum Gasteiger partial charge on any atom is -0.376 e. The molecule has 0 aliphatic carbocycles. The zero-order chi connectivity index (χ0) is 12.3. The molecule has 0 bridgehead atoms. The molecule has 2 unspecified atom stereocenters. The van der Waals surface area contributed by atoms with Crippen LogP contribution in [0, 0.1) is 0 Å². The number of nitrogens with zero attached hydrogens (tertiary/aromatic N) is 2. The predicted molar refractivity (Wildman–Crippen MR) is 62.9 cm³/mol. The molecule has 1 aliphatic rings. The summed E-state index contributed by atoms with van der Waals surface area (Å²) in [5.74, 6) is -0.275. The molecule has 92 valence electrons. The topological polar surface area (TPSA) is 64.1 Å². The molecule has 1 aromatic rings. The van der Waals surface area contributed by atoms with E-state index in [2.05, 4.69) is 15.3 Å². The van der Waals surface area contributed by atoms with Gasteiger partial charge in [0.2, 0.25) is 0 Å². The van der Waals surface area contributed by atoms with Gasteiger partial charge in [0, 0.05) is 6.61 Å². The number of carbonyl (C=O) groups is 1. The van der Waals surface area contributed by atoms with Gasteiger partial charge in [-0.05, 0) is 19.8 Å². The van der Waals surface area contributed by atoms with Crippen LogP contribution in [0.15, 0.2) is 12.4 Å². The van der Waals surface area contributed by atoms with Gasteiger partial charge in [0.05, 0.1) is 24.5 Å². The van der Waals surface area contributed by atoms with Gasteiger partial charge >= 0.3 is 0 Å². The van der Waals surface area contributed by atoms with Crippen molar-refractivity contribution in [2.45, 2.75) is 31.9 Å². The lowest BCUT2D eigenvalue weighted by Gasteiger charge is -2.19. The molecule has 1 aromatic heterocycles. The summed E-state index contributed by atoms with van der Waals surface area (Å²) in [5.41, 5.74) is 0.224. The second-order valence-electron chi connectivity index (χ2n) is 4.04. The van der Waals surface area contributed by atoms with Crippen LogP contribution in [-0.4, -0.2) is 34.6 Å². The number of halogens is 1. The Morgan fingerprint density at radius 3 is 3.12 bits per heavy atom. The van der Waals surface area contributed by atoms with Crippen LogP contribution in [0.4, 0.5) is 0 Å². The molecule has 2 heterocycles. The second kappa shape index (κ2) is 5.42. The van der Waals surface area contributed by atoms with Gasteiger partial charge in [-0.1, -0.05) is 11.6 Å². The Morgan fingerprint density at radius 2 is 2.47 bits per heavy atom. The van der Waals surface area contributed by atoms with E-state index in [4.69, 9.17) is 16.3 Å². The van der Waals surface area contributed by atoms with Crippen molar-refractivity contribution >= 4 is 17.5 Å². The summed E-state index contributed by atoms with van der Waals surface area (Å²) in [5, 5.41) is 3.05. The first-order chi connectivity index (χ1) is 8.16. The number of hydrogen-bond acceptors (Lipinski definition) is 4. The van der Waals surface area contributed by atoms with Crippen LogP contribution in [0.5, 0.6) is 0 Å². The average molecular weight is 256 g/mol. The maximum Gasteiger partial charge on any atom is 0.271 e. The largest absolute Gasteiger partial charge is 0.376 e. The number of nitrogens with one attached hydrogen (secondary N) is 1. The molecule has 2 atom stereocenters. The third kappa shape index (κ3) is 3.14. The third-order valence-electron chi connectivity index (χ3n) is 2.72. The molecule has 17 heavy (non-hydrogen) atoms. The molecular formula is C11H14ClN3O2. The van der Waals surface area contributed by atoms with Crippen molar-refractivity contribution < 1.29 is 9.53 Å². The van der Waals surface area contributed by atoms with Gasteiger partial charge in [-0.2, -0.15) is 0 Å². The number of amides is 1. The normalized spacial score (nSPS) is 21.2. The Labute approximate surface area is 105 Å². The highest BCUT2D eigenvalue weighted by Gasteiger charge is 2.24. The molecule has 1 N–H and O–H groups in total. The van der Waals surface area contributed by atoms with Crippen molar-refractivity contribution in [3.05, 3.63) is 23.2 Å². The van der Waals surface area contributed by atoms with E-state index < -0.39 is 0 Å². The quantitative estimate of drug-likeness (QED) is 0.887. The molecule has 1 fully saturated rings. The van der Waals surface area contributed by atoms with Crippen LogP contribution in [0.3, 0.4) is 0 Å². The van der Waals surface area contributed by atoms with Gasteiger partial charge in [0.1, 0.15) is 10.8 Å². The standard InChI is InChI=1S/C11H14ClN3O2/c1-7(9-3-2-4-17-9)14-11(16)8-5-13-6-10(12)15-8/h5-7,9H,2-4H2,1H3,(H,14,16). The number of aromatic nitrogens is 2. The van der Waals surface area contributed by atoms with E-state index in [-0.39, 0.29) is 28.9 Å². The molecule has 0 radical (unpaired) electrons. The highest BCUT2D eigenvalue weighted by molar-refractivity contribution is 6.29. The van der Waals surface area contributed by atoms with E-state index in [0.29, 0.717) is 0 Å². The fourth-order valence-corrected chi connectivity index (χ4v) is 1.97. The van der Waals surface area contributed by atoms with Gasteiger partial charge in [-0.15, -0.1) is 0 Å². The summed E-state index contributed by atoms with van der Waals surface area (Å²) >= 11 is 5.67. The summed E-state index contributed by atoms with van der Waals surface area (Å²) in [4.78, 5) is 19.6. The monoisotopic (exact) mass is 255 g/mol. The van der Waals surface area contributed by atoms with E-state index in [0.717, 1.165) is 19.4 Å². The SMILES string of the molecule is CC(NC(=O)c1cncc(Cl)n1)C1CCCO1. The summed E-state index contributed by atoms with van der Waals surface area (Å²) < 4.78 is 5.50. The molecule has 2 rings (SSSR count). The zero-order valence-electron chi connectivity index (χ0n) is 9.52. The maximum absolute atomic E-state index is 11.8. The molecule has 0 spiro atoms. The first kappa shape index (κ1) is 12.3. The van der Waals surface area contributed by atoms with Crippen molar-refractivity contribution in [2.75, 3.05) is 6.61 Å². The molecule has 6 heteroatoms. The lowest BCUT2D eigenvalue weighted by atomic mass is 10.1. The fraction of sp³-hybridized carbons (Fsp3) is 0.545. The van der Waals surface area contributed by atoms with Gasteiger partial charge in [-0.25, -0.2) is 4.98 Å². The first-order valence-corrected chi connectivity index (χ1v) is 5.94. The lowest BCUT2D eigenvalue weighted by molar-refractivity contribution is 0.0709. The number of carbonyl (C=O) groups excluding carboxylic acids is 1. The Balaban J connectivity index is 1.96. The first-order valence-electron chi connectivity index (χ1n) is 5.57. The van der Waals surface area contributed by atoms with Crippen molar-refractivity contribution in [2.24, 2.45) is 0 Å². The van der Waals surface area contributed by atoms with Crippen LogP contribution in [0.25, 0.3) is 0 Å². The van der Waals surface area contributed by atoms with E-state index in [1.54, 1.807) is 0 Å². The highest BCUT2D eigenvalue weighted by Crippen LogP contribution is 2.15. The fourth-order valence-electron chi connectivity index (χ4n) is 1.82. The maximum atomic E-state index is 11.8. The molecule has 5 nitrogen and oxygen atoms in total. The van der Waals surface area contributed by atoms with Crippen LogP contribution in [0.1, 0.15) is 30.3 Å². The van der Waals surface area contributed by atoms with Crippen molar-refractivity contribution in [1.82, 2.24) is 15.3 Å². The Hall–Kier alpha value is -1.20. The average Bonchev–Trinajstić information content (AvgIpc) is 2.82. The van der Waals surface area contributed by atoms with Crippen molar-refractivity contribution in [3.8, 4) is 0 Å². The summed E-state index contributed by atoms with van der Waals surface area (Å²) in [6, 6.07) is -0.0363. The summed E-state index contributed by atoms with van der Waals surface area (Å²) in [6.07, 6.45) is 4.89. The van der Waals surface area contributed by atoms with Crippen LogP contribution >= 0.6 is 11.6 Å². The van der Waals surface area contributed by atoms with Crippen molar-refractivity contribution in [1.29, 1.82) is 0 Å². The van der Waals surface area contributed by atoms with E-state index in [1.165, 1.54) is 12.4 Å². The molecule has 1 aliphatic heterocycles. The molecule has 0 aromatic carbocycles. The lowest BCUT2D eigenvalue weighted by Crippen LogP contribution is -2.41. The minimum absolute atomic E-state index is 0.0363. The highest BCUT2D eigenvalue weighted by atomic mass is 35.5. The van der Waals surface area contributed by atoms with Crippen molar-refractivity contribution in [3.63, 3.8) is 0 Å². The Kier molecular flexibility index (Phi) is 3.91. The van der Waals surface area contributed by atoms with E-state index in [9.17, 15) is 4.79 Å². The molecule has 0 saturated carbocycles. The predicted octanol–water partition coefficient (Wildman–Crippen LogP) is 1.43. The number of hydrogen-bond donors (Lipinski definition) is 1. The van der Waals surface area contributed by atoms with E-state index >= 15 is 0 Å². The molecular weight excluding hydrogens is 242 g/mol. The summed E-state index contributed by atoms with van der Waals surface area (Å²) in [7, 11) is 0. The second-order valence-corrected chi connectivity index (χ2v) is 4.43. The molecule has 1 saturated heterocycles. The third-order valence-corrected chi connectivity index (χ3v) is 2.90. The molecule has 1 amide bonds. The van der Waals surface area contributed by atoms with E-state index in [1.807, 2.05) is 6.92 Å². The number of rotatable bonds is 3. The van der Waals surface area contributed by atoms with Crippen LogP contribution in [0.2, 0.25) is 5.15 Å². The summed E-state index contributed by atoms with van der Waals surface area (Å²) in [6.45, 7) is 2.69. The van der Waals surface area contributed by atoms with Gasteiger partial charge < -0.3 is 10.1 Å². The van der Waals surface area contributed by atoms with Crippen LogP contribution in [-0.2, 0) is 4.74 Å².